The van der Waals surface area contributed by atoms with Crippen molar-refractivity contribution in [2.24, 2.45) is 0 Å². The minimum atomic E-state index is -0.341. The van der Waals surface area contributed by atoms with Gasteiger partial charge in [-0.2, -0.15) is 5.10 Å². The molecule has 0 unspecified atom stereocenters. The van der Waals surface area contributed by atoms with Crippen LogP contribution in [0.5, 0.6) is 0 Å². The Labute approximate surface area is 74.7 Å². The Morgan fingerprint density at radius 1 is 1.73 bits per heavy atom. The molecular formula is C8H9BrN2. The zero-order valence-corrected chi connectivity index (χ0v) is 8.09. The molecule has 0 radical (unpaired) electrons. The molecule has 0 aliphatic carbocycles. The first kappa shape index (κ1) is 8.35. The molecule has 0 spiro atoms. The predicted octanol–water partition coefficient (Wildman–Crippen LogP) is 2.01. The molecule has 0 bridgehead atoms. The lowest BCUT2D eigenvalue weighted by Gasteiger charge is -2.17. The second-order valence-corrected chi connectivity index (χ2v) is 3.72. The highest BCUT2D eigenvalue weighted by atomic mass is 79.9. The average molecular weight is 213 g/mol. The first-order valence-electron chi connectivity index (χ1n) is 3.25. The molecule has 1 aromatic rings. The minimum absolute atomic E-state index is 0.341. The molecule has 0 atom stereocenters. The van der Waals surface area contributed by atoms with Gasteiger partial charge in [0.25, 0.3) is 0 Å². The van der Waals surface area contributed by atoms with Crippen LogP contribution in [0.3, 0.4) is 0 Å². The Morgan fingerprint density at radius 2 is 2.36 bits per heavy atom. The topological polar surface area (TPSA) is 17.8 Å². The van der Waals surface area contributed by atoms with Crippen molar-refractivity contribution in [3.8, 4) is 12.3 Å². The molecular weight excluding hydrogens is 204 g/mol. The smallest absolute Gasteiger partial charge is 0.117 e. The summed E-state index contributed by atoms with van der Waals surface area (Å²) in [6, 6.07) is 0. The van der Waals surface area contributed by atoms with Crippen LogP contribution < -0.4 is 0 Å². The van der Waals surface area contributed by atoms with Crippen LogP contribution in [0.15, 0.2) is 16.9 Å². The van der Waals surface area contributed by atoms with Crippen molar-refractivity contribution in [2.75, 3.05) is 0 Å². The monoisotopic (exact) mass is 212 g/mol. The summed E-state index contributed by atoms with van der Waals surface area (Å²) < 4.78 is 2.69. The van der Waals surface area contributed by atoms with E-state index < -0.39 is 0 Å². The number of rotatable bonds is 1. The predicted molar refractivity (Wildman–Crippen MR) is 48.1 cm³/mol. The van der Waals surface area contributed by atoms with Crippen LogP contribution >= 0.6 is 15.9 Å². The summed E-state index contributed by atoms with van der Waals surface area (Å²) >= 11 is 3.30. The van der Waals surface area contributed by atoms with E-state index >= 15 is 0 Å². The van der Waals surface area contributed by atoms with Crippen LogP contribution in [0.1, 0.15) is 13.8 Å². The van der Waals surface area contributed by atoms with E-state index in [9.17, 15) is 0 Å². The number of aromatic nitrogens is 2. The zero-order valence-electron chi connectivity index (χ0n) is 6.50. The molecule has 0 aliphatic rings. The van der Waals surface area contributed by atoms with Crippen molar-refractivity contribution in [3.05, 3.63) is 16.9 Å². The first-order valence-corrected chi connectivity index (χ1v) is 4.04. The highest BCUT2D eigenvalue weighted by molar-refractivity contribution is 9.10. The lowest BCUT2D eigenvalue weighted by molar-refractivity contribution is 0.424. The lowest BCUT2D eigenvalue weighted by atomic mass is 10.1. The van der Waals surface area contributed by atoms with Gasteiger partial charge in [0.2, 0.25) is 0 Å². The van der Waals surface area contributed by atoms with Gasteiger partial charge in [-0.05, 0) is 29.8 Å². The number of nitrogens with zero attached hydrogens (tertiary/aromatic N) is 2. The maximum absolute atomic E-state index is 5.32. The number of terminal acetylenes is 1. The van der Waals surface area contributed by atoms with Gasteiger partial charge in [0.15, 0.2) is 0 Å². The van der Waals surface area contributed by atoms with E-state index in [-0.39, 0.29) is 5.54 Å². The molecule has 0 aliphatic heterocycles. The van der Waals surface area contributed by atoms with Crippen LogP contribution in [0, 0.1) is 12.3 Å². The molecule has 3 heteroatoms. The van der Waals surface area contributed by atoms with Gasteiger partial charge >= 0.3 is 0 Å². The van der Waals surface area contributed by atoms with Crippen molar-refractivity contribution >= 4 is 15.9 Å². The number of hydrogen-bond acceptors (Lipinski definition) is 1. The van der Waals surface area contributed by atoms with Crippen LogP contribution in [-0.4, -0.2) is 9.78 Å². The summed E-state index contributed by atoms with van der Waals surface area (Å²) in [6.07, 6.45) is 8.90. The van der Waals surface area contributed by atoms with Crippen LogP contribution in [0.4, 0.5) is 0 Å². The molecule has 0 amide bonds. The summed E-state index contributed by atoms with van der Waals surface area (Å²) in [5.74, 6) is 2.65. The second kappa shape index (κ2) is 2.71. The highest BCUT2D eigenvalue weighted by Gasteiger charge is 2.16. The van der Waals surface area contributed by atoms with Gasteiger partial charge in [0.1, 0.15) is 5.54 Å². The third-order valence-corrected chi connectivity index (χ3v) is 1.89. The molecule has 0 N–H and O–H groups in total. The standard InChI is InChI=1S/C8H9BrN2/c1-4-8(2,3)11-6-7(9)5-10-11/h1,5-6H,2-3H3. The van der Waals surface area contributed by atoms with Gasteiger partial charge in [0, 0.05) is 6.20 Å². The molecule has 1 rings (SSSR count). The molecule has 0 saturated carbocycles. The van der Waals surface area contributed by atoms with Gasteiger partial charge in [-0.1, -0.05) is 5.92 Å². The van der Waals surface area contributed by atoms with Crippen molar-refractivity contribution in [3.63, 3.8) is 0 Å². The van der Waals surface area contributed by atoms with E-state index in [1.807, 2.05) is 20.0 Å². The normalized spacial score (nSPS) is 11.1. The summed E-state index contributed by atoms with van der Waals surface area (Å²) in [5, 5.41) is 4.09. The maximum atomic E-state index is 5.32. The Bertz CT molecular complexity index is 293. The van der Waals surface area contributed by atoms with Gasteiger partial charge in [0.05, 0.1) is 10.7 Å². The number of halogens is 1. The lowest BCUT2D eigenvalue weighted by Crippen LogP contribution is -2.24. The Hall–Kier alpha value is -0.750. The fourth-order valence-corrected chi connectivity index (χ4v) is 0.958. The van der Waals surface area contributed by atoms with E-state index in [2.05, 4.69) is 26.9 Å². The molecule has 0 fully saturated rings. The fraction of sp³-hybridized carbons (Fsp3) is 0.375. The molecule has 0 aromatic carbocycles. The Kier molecular flexibility index (Phi) is 2.05. The summed E-state index contributed by atoms with van der Waals surface area (Å²) in [5.41, 5.74) is -0.341. The van der Waals surface area contributed by atoms with E-state index in [4.69, 9.17) is 6.42 Å². The van der Waals surface area contributed by atoms with E-state index in [1.165, 1.54) is 0 Å². The Morgan fingerprint density at radius 3 is 2.73 bits per heavy atom. The van der Waals surface area contributed by atoms with Crippen LogP contribution in [0.2, 0.25) is 0 Å². The number of hydrogen-bond donors (Lipinski definition) is 0. The van der Waals surface area contributed by atoms with Crippen molar-refractivity contribution in [2.45, 2.75) is 19.4 Å². The molecule has 1 heterocycles. The van der Waals surface area contributed by atoms with Gasteiger partial charge < -0.3 is 0 Å². The average Bonchev–Trinajstić information content (AvgIpc) is 2.36. The third-order valence-electron chi connectivity index (χ3n) is 1.48. The molecule has 1 aromatic heterocycles. The second-order valence-electron chi connectivity index (χ2n) is 2.81. The largest absolute Gasteiger partial charge is 0.254 e. The van der Waals surface area contributed by atoms with Crippen molar-refractivity contribution in [1.29, 1.82) is 0 Å². The fourth-order valence-electron chi connectivity index (χ4n) is 0.673. The van der Waals surface area contributed by atoms with E-state index in [0.29, 0.717) is 0 Å². The molecule has 58 valence electrons. The third kappa shape index (κ3) is 1.63. The first-order chi connectivity index (χ1) is 5.06. The van der Waals surface area contributed by atoms with Crippen molar-refractivity contribution in [1.82, 2.24) is 9.78 Å². The molecule has 0 saturated heterocycles. The molecule has 11 heavy (non-hydrogen) atoms. The summed E-state index contributed by atoms with van der Waals surface area (Å²) in [7, 11) is 0. The minimum Gasteiger partial charge on any atom is -0.254 e. The zero-order chi connectivity index (χ0) is 8.48. The maximum Gasteiger partial charge on any atom is 0.117 e. The molecule has 2 nitrogen and oxygen atoms in total. The van der Waals surface area contributed by atoms with Gasteiger partial charge in [-0.25, -0.2) is 0 Å². The van der Waals surface area contributed by atoms with Crippen molar-refractivity contribution < 1.29 is 0 Å². The SMILES string of the molecule is C#CC(C)(C)n1cc(Br)cn1. The van der Waals surface area contributed by atoms with Gasteiger partial charge in [-0.15, -0.1) is 6.42 Å². The van der Waals surface area contributed by atoms with E-state index in [0.717, 1.165) is 4.47 Å². The van der Waals surface area contributed by atoms with Gasteiger partial charge in [-0.3, -0.25) is 4.68 Å². The summed E-state index contributed by atoms with van der Waals surface area (Å²) in [4.78, 5) is 0. The quantitative estimate of drug-likeness (QED) is 0.652. The van der Waals surface area contributed by atoms with Crippen LogP contribution in [-0.2, 0) is 5.54 Å². The van der Waals surface area contributed by atoms with Crippen LogP contribution in [0.25, 0.3) is 0 Å². The van der Waals surface area contributed by atoms with E-state index in [1.54, 1.807) is 10.9 Å². The highest BCUT2D eigenvalue weighted by Crippen LogP contribution is 2.15. The Balaban J connectivity index is 3.04. The summed E-state index contributed by atoms with van der Waals surface area (Å²) in [6.45, 7) is 3.87.